The second-order valence-electron chi connectivity index (χ2n) is 5.27. The molecule has 1 saturated heterocycles. The summed E-state index contributed by atoms with van der Waals surface area (Å²) in [6, 6.07) is 3.16. The van der Waals surface area contributed by atoms with Gasteiger partial charge in [0.05, 0.1) is 5.52 Å². The molecule has 1 aliphatic heterocycles. The summed E-state index contributed by atoms with van der Waals surface area (Å²) in [5.74, 6) is -0.941. The number of carboxylic acids is 1. The van der Waals surface area contributed by atoms with Gasteiger partial charge in [0.15, 0.2) is 11.9 Å². The molecule has 0 aliphatic carbocycles. The Kier molecular flexibility index (Phi) is 3.55. The van der Waals surface area contributed by atoms with Crippen molar-refractivity contribution in [2.75, 3.05) is 6.61 Å². The molecule has 0 radical (unpaired) electrons. The Balaban J connectivity index is 2.24. The smallest absolute Gasteiger partial charge is 0.357 e. The minimum Gasteiger partial charge on any atom is -0.508 e. The number of phenols is 1. The van der Waals surface area contributed by atoms with Crippen molar-refractivity contribution < 1.29 is 19.7 Å². The Bertz CT molecular complexity index is 687. The maximum Gasteiger partial charge on any atom is 0.357 e. The van der Waals surface area contributed by atoms with Gasteiger partial charge in [-0.15, -0.1) is 0 Å². The van der Waals surface area contributed by atoms with Crippen LogP contribution in [0.4, 0.5) is 0 Å². The predicted octanol–water partition coefficient (Wildman–Crippen LogP) is 2.70. The van der Waals surface area contributed by atoms with Crippen molar-refractivity contribution in [1.82, 2.24) is 9.78 Å². The third-order valence-electron chi connectivity index (χ3n) is 3.89. The predicted molar refractivity (Wildman–Crippen MR) is 76.6 cm³/mol. The largest absolute Gasteiger partial charge is 0.508 e. The van der Waals surface area contributed by atoms with Gasteiger partial charge in [-0.1, -0.05) is 6.92 Å². The number of aryl methyl sites for hydroxylation is 1. The van der Waals surface area contributed by atoms with E-state index in [1.165, 1.54) is 0 Å². The van der Waals surface area contributed by atoms with E-state index >= 15 is 0 Å². The summed E-state index contributed by atoms with van der Waals surface area (Å²) in [5.41, 5.74) is 1.43. The fourth-order valence-electron chi connectivity index (χ4n) is 2.90. The molecule has 1 fully saturated rings. The summed E-state index contributed by atoms with van der Waals surface area (Å²) in [7, 11) is 0. The zero-order valence-corrected chi connectivity index (χ0v) is 11.9. The van der Waals surface area contributed by atoms with Gasteiger partial charge >= 0.3 is 5.97 Å². The van der Waals surface area contributed by atoms with Crippen LogP contribution >= 0.6 is 0 Å². The SMILES string of the molecule is CCc1cc(O)cc2c1c(C(=O)O)nn2C1CCCCO1. The number of hydrogen-bond acceptors (Lipinski definition) is 4. The fourth-order valence-corrected chi connectivity index (χ4v) is 2.90. The molecule has 1 unspecified atom stereocenters. The van der Waals surface area contributed by atoms with Gasteiger partial charge < -0.3 is 14.9 Å². The topological polar surface area (TPSA) is 84.6 Å². The first-order chi connectivity index (χ1) is 10.1. The van der Waals surface area contributed by atoms with E-state index in [0.717, 1.165) is 24.8 Å². The van der Waals surface area contributed by atoms with Crippen LogP contribution in [0.1, 0.15) is 48.5 Å². The van der Waals surface area contributed by atoms with Crippen molar-refractivity contribution in [3.8, 4) is 5.75 Å². The number of rotatable bonds is 3. The minimum atomic E-state index is -1.06. The summed E-state index contributed by atoms with van der Waals surface area (Å²) in [4.78, 5) is 11.5. The Morgan fingerprint density at radius 2 is 2.29 bits per heavy atom. The highest BCUT2D eigenvalue weighted by molar-refractivity contribution is 6.03. The summed E-state index contributed by atoms with van der Waals surface area (Å²) >= 11 is 0. The van der Waals surface area contributed by atoms with E-state index in [2.05, 4.69) is 5.10 Å². The van der Waals surface area contributed by atoms with Crippen molar-refractivity contribution in [3.63, 3.8) is 0 Å². The summed E-state index contributed by atoms with van der Waals surface area (Å²) < 4.78 is 7.31. The number of aromatic nitrogens is 2. The second-order valence-corrected chi connectivity index (χ2v) is 5.27. The van der Waals surface area contributed by atoms with Gasteiger partial charge in [-0.25, -0.2) is 9.48 Å². The summed E-state index contributed by atoms with van der Waals surface area (Å²) in [6.07, 6.45) is 3.19. The van der Waals surface area contributed by atoms with E-state index in [9.17, 15) is 15.0 Å². The maximum absolute atomic E-state index is 11.5. The first-order valence-corrected chi connectivity index (χ1v) is 7.20. The Morgan fingerprint density at radius 1 is 1.48 bits per heavy atom. The molecular formula is C15H18N2O4. The third kappa shape index (κ3) is 2.35. The molecule has 0 saturated carbocycles. The van der Waals surface area contributed by atoms with Gasteiger partial charge in [0.2, 0.25) is 0 Å². The fraction of sp³-hybridized carbons (Fsp3) is 0.467. The van der Waals surface area contributed by atoms with E-state index in [-0.39, 0.29) is 17.7 Å². The normalized spacial score (nSPS) is 19.0. The average molecular weight is 290 g/mol. The molecule has 0 spiro atoms. The molecule has 0 bridgehead atoms. The van der Waals surface area contributed by atoms with Crippen LogP contribution in [-0.2, 0) is 11.2 Å². The van der Waals surface area contributed by atoms with Crippen LogP contribution in [0.3, 0.4) is 0 Å². The first kappa shape index (κ1) is 13.9. The van der Waals surface area contributed by atoms with Crippen molar-refractivity contribution in [3.05, 3.63) is 23.4 Å². The first-order valence-electron chi connectivity index (χ1n) is 7.20. The van der Waals surface area contributed by atoms with Crippen LogP contribution < -0.4 is 0 Å². The van der Waals surface area contributed by atoms with E-state index in [0.29, 0.717) is 23.9 Å². The summed E-state index contributed by atoms with van der Waals surface area (Å²) in [6.45, 7) is 2.57. The maximum atomic E-state index is 11.5. The van der Waals surface area contributed by atoms with Gasteiger partial charge in [0, 0.05) is 18.1 Å². The number of nitrogens with zero attached hydrogens (tertiary/aromatic N) is 2. The van der Waals surface area contributed by atoms with Crippen LogP contribution in [0, 0.1) is 0 Å². The van der Waals surface area contributed by atoms with Crippen LogP contribution in [-0.4, -0.2) is 32.6 Å². The number of ether oxygens (including phenoxy) is 1. The highest BCUT2D eigenvalue weighted by atomic mass is 16.5. The van der Waals surface area contributed by atoms with Crippen LogP contribution in [0.5, 0.6) is 5.75 Å². The van der Waals surface area contributed by atoms with E-state index in [1.54, 1.807) is 16.8 Å². The number of benzene rings is 1. The van der Waals surface area contributed by atoms with Gasteiger partial charge in [0.1, 0.15) is 5.75 Å². The number of hydrogen-bond donors (Lipinski definition) is 2. The lowest BCUT2D eigenvalue weighted by molar-refractivity contribution is -0.0368. The van der Waals surface area contributed by atoms with Gasteiger partial charge in [-0.2, -0.15) is 5.10 Å². The van der Waals surface area contributed by atoms with Crippen molar-refractivity contribution in [2.24, 2.45) is 0 Å². The van der Waals surface area contributed by atoms with Crippen molar-refractivity contribution in [1.29, 1.82) is 0 Å². The molecule has 0 amide bonds. The van der Waals surface area contributed by atoms with E-state index in [4.69, 9.17) is 4.74 Å². The minimum absolute atomic E-state index is 0.0241. The van der Waals surface area contributed by atoms with Crippen LogP contribution in [0.15, 0.2) is 12.1 Å². The molecule has 2 heterocycles. The molecular weight excluding hydrogens is 272 g/mol. The molecule has 3 rings (SSSR count). The zero-order valence-electron chi connectivity index (χ0n) is 11.9. The van der Waals surface area contributed by atoms with Gasteiger partial charge in [0.25, 0.3) is 0 Å². The number of fused-ring (bicyclic) bond motifs is 1. The molecule has 6 heteroatoms. The Labute approximate surface area is 121 Å². The molecule has 2 aromatic rings. The van der Waals surface area contributed by atoms with Gasteiger partial charge in [-0.05, 0) is 37.3 Å². The lowest BCUT2D eigenvalue weighted by Gasteiger charge is -2.23. The van der Waals surface area contributed by atoms with E-state index < -0.39 is 5.97 Å². The molecule has 1 aromatic carbocycles. The Hall–Kier alpha value is -2.08. The highest BCUT2D eigenvalue weighted by Crippen LogP contribution is 2.32. The number of aromatic carboxylic acids is 1. The summed E-state index contributed by atoms with van der Waals surface area (Å²) in [5, 5.41) is 24.1. The van der Waals surface area contributed by atoms with Gasteiger partial charge in [-0.3, -0.25) is 0 Å². The molecule has 21 heavy (non-hydrogen) atoms. The van der Waals surface area contributed by atoms with Crippen molar-refractivity contribution in [2.45, 2.75) is 38.8 Å². The second kappa shape index (κ2) is 5.37. The molecule has 6 nitrogen and oxygen atoms in total. The van der Waals surface area contributed by atoms with E-state index in [1.807, 2.05) is 6.92 Å². The van der Waals surface area contributed by atoms with Crippen LogP contribution in [0.2, 0.25) is 0 Å². The third-order valence-corrected chi connectivity index (χ3v) is 3.89. The highest BCUT2D eigenvalue weighted by Gasteiger charge is 2.25. The average Bonchev–Trinajstić information content (AvgIpc) is 2.86. The monoisotopic (exact) mass is 290 g/mol. The number of aromatic hydroxyl groups is 1. The molecule has 1 aromatic heterocycles. The molecule has 112 valence electrons. The number of phenolic OH excluding ortho intramolecular Hbond substituents is 1. The number of carbonyl (C=O) groups is 1. The quantitative estimate of drug-likeness (QED) is 0.908. The standard InChI is InChI=1S/C15H18N2O4/c1-2-9-7-10(18)8-11-13(9)14(15(19)20)16-17(11)12-5-3-4-6-21-12/h7-8,12,18H,2-6H2,1H3,(H,19,20). The lowest BCUT2D eigenvalue weighted by Crippen LogP contribution is -2.19. The molecule has 2 N–H and O–H groups in total. The Morgan fingerprint density at radius 3 is 2.90 bits per heavy atom. The molecule has 1 aliphatic rings. The van der Waals surface area contributed by atoms with Crippen molar-refractivity contribution >= 4 is 16.9 Å². The zero-order chi connectivity index (χ0) is 15.0. The molecule has 1 atom stereocenters. The van der Waals surface area contributed by atoms with Crippen LogP contribution in [0.25, 0.3) is 10.9 Å². The number of carboxylic acid groups (broad SMARTS) is 1. The lowest BCUT2D eigenvalue weighted by atomic mass is 10.0.